The number of hydrogen-bond donors (Lipinski definition) is 2. The van der Waals surface area contributed by atoms with Crippen molar-refractivity contribution in [3.05, 3.63) is 0 Å². The minimum atomic E-state index is -0.367. The highest BCUT2D eigenvalue weighted by atomic mass is 16.5. The summed E-state index contributed by atoms with van der Waals surface area (Å²) in [7, 11) is 0. The molecule has 1 atom stereocenters. The van der Waals surface area contributed by atoms with Crippen molar-refractivity contribution in [1.82, 2.24) is 5.32 Å². The van der Waals surface area contributed by atoms with Crippen molar-refractivity contribution in [2.75, 3.05) is 19.8 Å². The van der Waals surface area contributed by atoms with E-state index >= 15 is 0 Å². The van der Waals surface area contributed by atoms with Gasteiger partial charge >= 0.3 is 0 Å². The van der Waals surface area contributed by atoms with Crippen molar-refractivity contribution in [3.63, 3.8) is 0 Å². The van der Waals surface area contributed by atoms with E-state index in [1.165, 1.54) is 0 Å². The van der Waals surface area contributed by atoms with E-state index in [9.17, 15) is 4.79 Å². The van der Waals surface area contributed by atoms with Gasteiger partial charge in [0, 0.05) is 19.8 Å². The second-order valence-corrected chi connectivity index (χ2v) is 4.66. The predicted octanol–water partition coefficient (Wildman–Crippen LogP) is 0.657. The number of carbonyl (C=O) groups is 1. The molecular formula is C11H22N2O2. The summed E-state index contributed by atoms with van der Waals surface area (Å²) in [6, 6.07) is -0.367. The van der Waals surface area contributed by atoms with Crippen molar-refractivity contribution in [2.24, 2.45) is 11.1 Å². The second-order valence-electron chi connectivity index (χ2n) is 4.66. The van der Waals surface area contributed by atoms with Crippen LogP contribution in [0.4, 0.5) is 0 Å². The standard InChI is InChI=1S/C11H22N2O2/c1-3-9(12)10(14)13-8-11(2)4-6-15-7-5-11/h9H,3-8,12H2,1-2H3,(H,13,14)/t9-/m0/s1. The summed E-state index contributed by atoms with van der Waals surface area (Å²) in [6.45, 7) is 6.41. The Kier molecular flexibility index (Phi) is 4.54. The highest BCUT2D eigenvalue weighted by Gasteiger charge is 2.28. The summed E-state index contributed by atoms with van der Waals surface area (Å²) in [5.41, 5.74) is 5.82. The van der Waals surface area contributed by atoms with Crippen LogP contribution >= 0.6 is 0 Å². The molecule has 1 saturated heterocycles. The van der Waals surface area contributed by atoms with E-state index in [-0.39, 0.29) is 17.4 Å². The number of nitrogens with two attached hydrogens (primary N) is 1. The Balaban J connectivity index is 2.31. The van der Waals surface area contributed by atoms with E-state index < -0.39 is 0 Å². The smallest absolute Gasteiger partial charge is 0.236 e. The van der Waals surface area contributed by atoms with Crippen LogP contribution in [0.5, 0.6) is 0 Å². The summed E-state index contributed by atoms with van der Waals surface area (Å²) < 4.78 is 5.30. The van der Waals surface area contributed by atoms with Crippen LogP contribution in [-0.2, 0) is 9.53 Å². The van der Waals surface area contributed by atoms with E-state index in [1.807, 2.05) is 6.92 Å². The van der Waals surface area contributed by atoms with Gasteiger partial charge in [-0.2, -0.15) is 0 Å². The summed E-state index contributed by atoms with van der Waals surface area (Å²) >= 11 is 0. The van der Waals surface area contributed by atoms with Crippen LogP contribution in [0.3, 0.4) is 0 Å². The molecule has 0 bridgehead atoms. The fourth-order valence-electron chi connectivity index (χ4n) is 1.66. The van der Waals surface area contributed by atoms with Gasteiger partial charge in [-0.1, -0.05) is 13.8 Å². The second kappa shape index (κ2) is 5.47. The lowest BCUT2D eigenvalue weighted by Gasteiger charge is -2.33. The third kappa shape index (κ3) is 3.80. The van der Waals surface area contributed by atoms with Gasteiger partial charge in [-0.25, -0.2) is 0 Å². The Bertz CT molecular complexity index is 213. The molecule has 4 heteroatoms. The first-order valence-corrected chi connectivity index (χ1v) is 5.68. The molecular weight excluding hydrogens is 192 g/mol. The van der Waals surface area contributed by atoms with E-state index in [2.05, 4.69) is 12.2 Å². The minimum absolute atomic E-state index is 0.0368. The van der Waals surface area contributed by atoms with Crippen molar-refractivity contribution in [3.8, 4) is 0 Å². The lowest BCUT2D eigenvalue weighted by molar-refractivity contribution is -0.123. The van der Waals surface area contributed by atoms with Crippen molar-refractivity contribution < 1.29 is 9.53 Å². The van der Waals surface area contributed by atoms with Gasteiger partial charge in [0.2, 0.25) is 5.91 Å². The molecule has 15 heavy (non-hydrogen) atoms. The first-order valence-electron chi connectivity index (χ1n) is 5.68. The number of amides is 1. The maximum absolute atomic E-state index is 11.5. The molecule has 0 unspecified atom stereocenters. The van der Waals surface area contributed by atoms with Crippen LogP contribution in [0.25, 0.3) is 0 Å². The molecule has 1 aliphatic heterocycles. The maximum Gasteiger partial charge on any atom is 0.236 e. The zero-order valence-corrected chi connectivity index (χ0v) is 9.71. The van der Waals surface area contributed by atoms with Gasteiger partial charge in [0.25, 0.3) is 0 Å². The van der Waals surface area contributed by atoms with Crippen molar-refractivity contribution in [2.45, 2.75) is 39.2 Å². The fourth-order valence-corrected chi connectivity index (χ4v) is 1.66. The molecule has 0 radical (unpaired) electrons. The summed E-state index contributed by atoms with van der Waals surface area (Å²) in [4.78, 5) is 11.5. The topological polar surface area (TPSA) is 64.4 Å². The molecule has 1 rings (SSSR count). The molecule has 1 fully saturated rings. The monoisotopic (exact) mass is 214 g/mol. The maximum atomic E-state index is 11.5. The van der Waals surface area contributed by atoms with Gasteiger partial charge in [0.1, 0.15) is 0 Å². The normalized spacial score (nSPS) is 22.1. The third-order valence-corrected chi connectivity index (χ3v) is 3.17. The molecule has 0 aromatic rings. The molecule has 4 nitrogen and oxygen atoms in total. The lowest BCUT2D eigenvalue weighted by atomic mass is 9.82. The molecule has 0 aromatic heterocycles. The Morgan fingerprint density at radius 1 is 1.53 bits per heavy atom. The largest absolute Gasteiger partial charge is 0.381 e. The van der Waals surface area contributed by atoms with Crippen LogP contribution in [0.1, 0.15) is 33.1 Å². The number of carbonyl (C=O) groups excluding carboxylic acids is 1. The van der Waals surface area contributed by atoms with Crippen molar-refractivity contribution >= 4 is 5.91 Å². The number of nitrogens with one attached hydrogen (secondary N) is 1. The van der Waals surface area contributed by atoms with Gasteiger partial charge in [-0.15, -0.1) is 0 Å². The molecule has 88 valence electrons. The zero-order valence-electron chi connectivity index (χ0n) is 9.71. The third-order valence-electron chi connectivity index (χ3n) is 3.17. The van der Waals surface area contributed by atoms with Crippen LogP contribution in [0, 0.1) is 5.41 Å². The highest BCUT2D eigenvalue weighted by molar-refractivity contribution is 5.81. The van der Waals surface area contributed by atoms with Crippen LogP contribution in [0.15, 0.2) is 0 Å². The van der Waals surface area contributed by atoms with Gasteiger partial charge in [-0.3, -0.25) is 4.79 Å². The Hall–Kier alpha value is -0.610. The number of ether oxygens (including phenoxy) is 1. The van der Waals surface area contributed by atoms with Gasteiger partial charge < -0.3 is 15.8 Å². The average molecular weight is 214 g/mol. The van der Waals surface area contributed by atoms with Crippen LogP contribution in [0.2, 0.25) is 0 Å². The predicted molar refractivity (Wildman–Crippen MR) is 59.4 cm³/mol. The molecule has 1 aliphatic rings. The molecule has 0 spiro atoms. The Morgan fingerprint density at radius 3 is 2.67 bits per heavy atom. The molecule has 0 saturated carbocycles. The number of hydrogen-bond acceptors (Lipinski definition) is 3. The summed E-state index contributed by atoms with van der Waals surface area (Å²) in [5.74, 6) is -0.0368. The zero-order chi connectivity index (χ0) is 11.3. The minimum Gasteiger partial charge on any atom is -0.381 e. The van der Waals surface area contributed by atoms with Crippen molar-refractivity contribution in [1.29, 1.82) is 0 Å². The quantitative estimate of drug-likeness (QED) is 0.722. The molecule has 0 aromatic carbocycles. The number of rotatable bonds is 4. The first-order chi connectivity index (χ1) is 7.07. The van der Waals surface area contributed by atoms with Gasteiger partial charge in [0.15, 0.2) is 0 Å². The molecule has 3 N–H and O–H groups in total. The van der Waals surface area contributed by atoms with E-state index in [0.29, 0.717) is 13.0 Å². The molecule has 1 amide bonds. The van der Waals surface area contributed by atoms with E-state index in [0.717, 1.165) is 26.1 Å². The Labute approximate surface area is 91.5 Å². The molecule has 1 heterocycles. The average Bonchev–Trinajstić information content (AvgIpc) is 2.26. The fraction of sp³-hybridized carbons (Fsp3) is 0.909. The van der Waals surface area contributed by atoms with Gasteiger partial charge in [0.05, 0.1) is 6.04 Å². The Morgan fingerprint density at radius 2 is 2.13 bits per heavy atom. The summed E-state index contributed by atoms with van der Waals surface area (Å²) in [5, 5.41) is 2.92. The van der Waals surface area contributed by atoms with E-state index in [1.54, 1.807) is 0 Å². The first kappa shape index (κ1) is 12.5. The summed E-state index contributed by atoms with van der Waals surface area (Å²) in [6.07, 6.45) is 2.70. The highest BCUT2D eigenvalue weighted by Crippen LogP contribution is 2.28. The van der Waals surface area contributed by atoms with Crippen LogP contribution < -0.4 is 11.1 Å². The SMILES string of the molecule is CC[C@H](N)C(=O)NCC1(C)CCOCC1. The lowest BCUT2D eigenvalue weighted by Crippen LogP contribution is -2.45. The molecule has 0 aliphatic carbocycles. The van der Waals surface area contributed by atoms with Crippen LogP contribution in [-0.4, -0.2) is 31.7 Å². The van der Waals surface area contributed by atoms with E-state index in [4.69, 9.17) is 10.5 Å². The van der Waals surface area contributed by atoms with Gasteiger partial charge in [-0.05, 0) is 24.7 Å².